The van der Waals surface area contributed by atoms with E-state index in [0.717, 1.165) is 0 Å². The minimum absolute atomic E-state index is 0.0458. The van der Waals surface area contributed by atoms with Gasteiger partial charge < -0.3 is 0 Å². The highest BCUT2D eigenvalue weighted by atomic mass is 14.4. The van der Waals surface area contributed by atoms with Crippen LogP contribution in [0.3, 0.4) is 0 Å². The van der Waals surface area contributed by atoms with Crippen LogP contribution in [0.4, 0.5) is 0 Å². The van der Waals surface area contributed by atoms with Gasteiger partial charge in [0.1, 0.15) is 0 Å². The molecular weight excluding hydrogens is 913 g/mol. The molecule has 0 unspecified atom stereocenters. The predicted molar refractivity (Wildman–Crippen MR) is 325 cm³/mol. The zero-order valence-corrected chi connectivity index (χ0v) is 45.5. The van der Waals surface area contributed by atoms with E-state index in [1.807, 2.05) is 0 Å². The second-order valence-corrected chi connectivity index (χ2v) is 25.5. The van der Waals surface area contributed by atoms with E-state index in [2.05, 4.69) is 263 Å². The van der Waals surface area contributed by atoms with Gasteiger partial charge in [-0.15, -0.1) is 0 Å². The van der Waals surface area contributed by atoms with Crippen LogP contribution < -0.4 is 0 Å². The summed E-state index contributed by atoms with van der Waals surface area (Å²) in [7, 11) is 0. The lowest BCUT2D eigenvalue weighted by Gasteiger charge is -2.23. The second kappa shape index (κ2) is 15.3. The summed E-state index contributed by atoms with van der Waals surface area (Å²) >= 11 is 0. The minimum Gasteiger partial charge on any atom is -0.0619 e. The number of hydrogen-bond donors (Lipinski definition) is 0. The molecular formula is C76H62. The predicted octanol–water partition coefficient (Wildman–Crippen LogP) is 21.2. The Morgan fingerprint density at radius 3 is 0.934 bits per heavy atom. The van der Waals surface area contributed by atoms with Crippen LogP contribution in [-0.2, 0) is 21.7 Å². The molecule has 0 heteroatoms. The summed E-state index contributed by atoms with van der Waals surface area (Å²) in [6, 6.07) is 75.8. The molecule has 76 heavy (non-hydrogen) atoms. The largest absolute Gasteiger partial charge is 0.0619 e. The first-order valence-electron chi connectivity index (χ1n) is 27.6. The van der Waals surface area contributed by atoms with E-state index in [0.29, 0.717) is 0 Å². The van der Waals surface area contributed by atoms with Gasteiger partial charge in [-0.3, -0.25) is 0 Å². The fourth-order valence-corrected chi connectivity index (χ4v) is 14.6. The molecule has 0 saturated heterocycles. The zero-order valence-electron chi connectivity index (χ0n) is 45.5. The number of benzene rings is 11. The Bertz CT molecular complexity index is 4090. The van der Waals surface area contributed by atoms with Crippen molar-refractivity contribution in [1.82, 2.24) is 0 Å². The molecule has 0 bridgehead atoms. The van der Waals surface area contributed by atoms with Gasteiger partial charge in [0.2, 0.25) is 0 Å². The SMILES string of the molecule is CC(C)(C)c1ccc(-c2c3c(c(-c4ccc(C(C)(C)C)cc4)c4ccccc24)-c2ccc4c5c(ccc-3c25)-c2c(-c3ccc5c(c3)C(C)(C)c3ccccc3-5)ccc(-c3ccc5c(c3)C(C)(C)c3ccccc3-5)c2-4)cc1. The van der Waals surface area contributed by atoms with Crippen LogP contribution in [0.15, 0.2) is 194 Å². The van der Waals surface area contributed by atoms with Crippen LogP contribution in [0, 0.1) is 0 Å². The van der Waals surface area contributed by atoms with Crippen LogP contribution in [0.5, 0.6) is 0 Å². The fourth-order valence-electron chi connectivity index (χ4n) is 14.6. The maximum atomic E-state index is 2.52. The van der Waals surface area contributed by atoms with Gasteiger partial charge in [-0.1, -0.05) is 251 Å². The summed E-state index contributed by atoms with van der Waals surface area (Å²) in [6.07, 6.45) is 0. The summed E-state index contributed by atoms with van der Waals surface area (Å²) in [5, 5.41) is 5.31. The normalized spacial score (nSPS) is 14.7. The molecule has 0 aromatic heterocycles. The Labute approximate surface area is 448 Å². The third kappa shape index (κ3) is 6.08. The molecule has 0 aliphatic heterocycles. The van der Waals surface area contributed by atoms with Crippen LogP contribution in [0.1, 0.15) is 103 Å². The molecule has 0 amide bonds. The highest BCUT2D eigenvalue weighted by Crippen LogP contribution is 2.64. The molecule has 0 atom stereocenters. The molecule has 15 rings (SSSR count). The van der Waals surface area contributed by atoms with E-state index >= 15 is 0 Å². The quantitative estimate of drug-likeness (QED) is 0.165. The number of fused-ring (bicyclic) bond motifs is 13. The Balaban J connectivity index is 1.02. The molecule has 0 saturated carbocycles. The van der Waals surface area contributed by atoms with Gasteiger partial charge in [-0.25, -0.2) is 0 Å². The second-order valence-electron chi connectivity index (χ2n) is 25.5. The maximum absolute atomic E-state index is 2.52. The lowest BCUT2D eigenvalue weighted by molar-refractivity contribution is 0.590. The summed E-state index contributed by atoms with van der Waals surface area (Å²) in [4.78, 5) is 0. The van der Waals surface area contributed by atoms with Crippen molar-refractivity contribution in [1.29, 1.82) is 0 Å². The minimum atomic E-state index is -0.115. The van der Waals surface area contributed by atoms with Crippen LogP contribution in [0.25, 0.3) is 133 Å². The monoisotopic (exact) mass is 974 g/mol. The summed E-state index contributed by atoms with van der Waals surface area (Å²) in [5.74, 6) is 0. The Hall–Kier alpha value is -8.06. The first kappa shape index (κ1) is 45.3. The summed E-state index contributed by atoms with van der Waals surface area (Å²) in [6.45, 7) is 23.5. The average Bonchev–Trinajstić information content (AvgIpc) is 4.26. The van der Waals surface area contributed by atoms with Crippen molar-refractivity contribution in [2.75, 3.05) is 0 Å². The maximum Gasteiger partial charge on any atom is 0.0159 e. The highest BCUT2D eigenvalue weighted by Gasteiger charge is 2.40. The molecule has 0 heterocycles. The van der Waals surface area contributed by atoms with Crippen molar-refractivity contribution in [2.45, 2.75) is 90.9 Å². The van der Waals surface area contributed by atoms with Gasteiger partial charge in [0.15, 0.2) is 0 Å². The molecule has 0 nitrogen and oxygen atoms in total. The van der Waals surface area contributed by atoms with E-state index in [1.165, 1.54) is 166 Å². The summed E-state index contributed by atoms with van der Waals surface area (Å²) in [5.41, 5.74) is 34.5. The first-order valence-corrected chi connectivity index (χ1v) is 27.6. The third-order valence-electron chi connectivity index (χ3n) is 18.5. The van der Waals surface area contributed by atoms with Crippen molar-refractivity contribution >= 4 is 21.5 Å². The molecule has 0 radical (unpaired) electrons. The van der Waals surface area contributed by atoms with E-state index in [4.69, 9.17) is 0 Å². The van der Waals surface area contributed by atoms with Crippen LogP contribution >= 0.6 is 0 Å². The average molecular weight is 975 g/mol. The van der Waals surface area contributed by atoms with Gasteiger partial charge in [-0.2, -0.15) is 0 Å². The van der Waals surface area contributed by atoms with E-state index in [-0.39, 0.29) is 21.7 Å². The lowest BCUT2D eigenvalue weighted by atomic mass is 9.80. The van der Waals surface area contributed by atoms with Gasteiger partial charge in [-0.05, 0) is 189 Å². The smallest absolute Gasteiger partial charge is 0.0159 e. The van der Waals surface area contributed by atoms with Crippen LogP contribution in [0.2, 0.25) is 0 Å². The van der Waals surface area contributed by atoms with Crippen molar-refractivity contribution in [3.8, 4) is 111 Å². The first-order chi connectivity index (χ1) is 36.5. The van der Waals surface area contributed by atoms with Gasteiger partial charge >= 0.3 is 0 Å². The Morgan fingerprint density at radius 1 is 0.250 bits per heavy atom. The van der Waals surface area contributed by atoms with Gasteiger partial charge in [0.05, 0.1) is 0 Å². The lowest BCUT2D eigenvalue weighted by Crippen LogP contribution is -2.15. The Morgan fingerprint density at radius 2 is 0.553 bits per heavy atom. The molecule has 366 valence electrons. The van der Waals surface area contributed by atoms with E-state index in [9.17, 15) is 0 Å². The van der Waals surface area contributed by atoms with Gasteiger partial charge in [0.25, 0.3) is 0 Å². The fraction of sp³-hybridized carbons (Fsp3) is 0.184. The molecule has 4 aliphatic carbocycles. The van der Waals surface area contributed by atoms with Crippen molar-refractivity contribution in [3.05, 3.63) is 228 Å². The van der Waals surface area contributed by atoms with Crippen molar-refractivity contribution < 1.29 is 0 Å². The number of hydrogen-bond acceptors (Lipinski definition) is 0. The summed E-state index contributed by atoms with van der Waals surface area (Å²) < 4.78 is 0. The van der Waals surface area contributed by atoms with Crippen molar-refractivity contribution in [3.63, 3.8) is 0 Å². The zero-order chi connectivity index (χ0) is 51.9. The topological polar surface area (TPSA) is 0 Å². The molecule has 4 aliphatic rings. The third-order valence-corrected chi connectivity index (χ3v) is 18.5. The standard InChI is InChI=1S/C76H62/c1-73(2,3)47-29-23-43(24-30-47)65-55-19-11-12-20-56(55)66(44-25-31-48(32-26-44)74(4,5)6)72-60-40-38-58-68-50(46-28-34-54-52-18-14-16-22-62(52)76(9,10)64(54)42-46)36-35-49(67(68)57-37-39-59(71(65)72)70(60)69(57)58)45-27-33-53-51-17-13-15-21-61(51)75(7,8)63(53)41-45/h11-42H,1-10H3. The van der Waals surface area contributed by atoms with Gasteiger partial charge in [0, 0.05) is 10.8 Å². The molecule has 0 N–H and O–H groups in total. The Kier molecular flexibility index (Phi) is 9.13. The molecule has 0 fully saturated rings. The molecule has 0 spiro atoms. The van der Waals surface area contributed by atoms with Crippen molar-refractivity contribution in [2.24, 2.45) is 0 Å². The molecule has 11 aromatic rings. The number of rotatable bonds is 4. The molecule has 11 aromatic carbocycles. The van der Waals surface area contributed by atoms with E-state index in [1.54, 1.807) is 0 Å². The van der Waals surface area contributed by atoms with E-state index < -0.39 is 0 Å². The highest BCUT2D eigenvalue weighted by molar-refractivity contribution is 6.33. The van der Waals surface area contributed by atoms with Crippen LogP contribution in [-0.4, -0.2) is 0 Å².